The molecule has 0 heterocycles. The van der Waals surface area contributed by atoms with Crippen LogP contribution in [0.15, 0.2) is 34.0 Å². The fourth-order valence-electron chi connectivity index (χ4n) is 3.93. The third-order valence-electron chi connectivity index (χ3n) is 5.29. The van der Waals surface area contributed by atoms with E-state index in [0.29, 0.717) is 40.5 Å². The molecule has 1 amide bonds. The van der Waals surface area contributed by atoms with E-state index in [0.717, 1.165) is 16.7 Å². The summed E-state index contributed by atoms with van der Waals surface area (Å²) in [5.74, 6) is 1.57. The van der Waals surface area contributed by atoms with E-state index in [1.54, 1.807) is 40.4 Å². The normalized spacial score (nSPS) is 14.5. The molecule has 0 aliphatic heterocycles. The second-order valence-electron chi connectivity index (χ2n) is 6.91. The van der Waals surface area contributed by atoms with Gasteiger partial charge in [0.15, 0.2) is 16.9 Å². The number of hydrogen-bond donors (Lipinski definition) is 1. The first-order valence-corrected chi connectivity index (χ1v) is 11.2. The van der Waals surface area contributed by atoms with E-state index >= 15 is 0 Å². The Balaban J connectivity index is 2.33. The summed E-state index contributed by atoms with van der Waals surface area (Å²) in [6.07, 6.45) is 2.55. The predicted molar refractivity (Wildman–Crippen MR) is 121 cm³/mol. The molecule has 0 bridgehead atoms. The van der Waals surface area contributed by atoms with E-state index in [1.807, 2.05) is 18.4 Å². The smallest absolute Gasteiger partial charge is 0.407 e. The highest BCUT2D eigenvalue weighted by molar-refractivity contribution is 7.98. The maximum atomic E-state index is 12.8. The van der Waals surface area contributed by atoms with Gasteiger partial charge in [0.2, 0.25) is 5.75 Å². The molecule has 0 saturated heterocycles. The van der Waals surface area contributed by atoms with Gasteiger partial charge < -0.3 is 24.3 Å². The Bertz CT molecular complexity index is 1040. The van der Waals surface area contributed by atoms with Gasteiger partial charge in [0.05, 0.1) is 38.9 Å². The minimum atomic E-state index is -0.518. The third-order valence-corrected chi connectivity index (χ3v) is 6.07. The largest absolute Gasteiger partial charge is 0.493 e. The van der Waals surface area contributed by atoms with Gasteiger partial charge in [-0.15, -0.1) is 11.8 Å². The van der Waals surface area contributed by atoms with E-state index in [1.165, 1.54) is 11.8 Å². The minimum absolute atomic E-state index is 0.104. The van der Waals surface area contributed by atoms with Crippen molar-refractivity contribution in [2.24, 2.45) is 0 Å². The molecule has 0 fully saturated rings. The number of alkyl carbamates (subject to hydrolysis) is 1. The molecule has 166 valence electrons. The number of hydrogen-bond acceptors (Lipinski definition) is 7. The molecule has 8 heteroatoms. The van der Waals surface area contributed by atoms with Crippen LogP contribution in [0.5, 0.6) is 17.2 Å². The number of ether oxygens (including phenoxy) is 4. The van der Waals surface area contributed by atoms with E-state index in [-0.39, 0.29) is 12.0 Å². The fourth-order valence-corrected chi connectivity index (χ4v) is 4.40. The quantitative estimate of drug-likeness (QED) is 0.668. The van der Waals surface area contributed by atoms with Crippen LogP contribution in [0.1, 0.15) is 30.5 Å². The van der Waals surface area contributed by atoms with Gasteiger partial charge in [-0.2, -0.15) is 0 Å². The molecule has 0 spiro atoms. The summed E-state index contributed by atoms with van der Waals surface area (Å²) < 4.78 is 22.0. The van der Waals surface area contributed by atoms with Crippen molar-refractivity contribution in [1.29, 1.82) is 0 Å². The van der Waals surface area contributed by atoms with Crippen LogP contribution in [0.3, 0.4) is 0 Å². The lowest BCUT2D eigenvalue weighted by Crippen LogP contribution is -2.29. The van der Waals surface area contributed by atoms with Crippen molar-refractivity contribution in [3.05, 3.63) is 45.6 Å². The van der Waals surface area contributed by atoms with Gasteiger partial charge in [0.1, 0.15) is 0 Å². The number of amides is 1. The third kappa shape index (κ3) is 4.44. The maximum absolute atomic E-state index is 12.8. The van der Waals surface area contributed by atoms with Crippen LogP contribution < -0.4 is 25.0 Å². The molecule has 1 atom stereocenters. The Morgan fingerprint density at radius 2 is 1.87 bits per heavy atom. The maximum Gasteiger partial charge on any atom is 0.407 e. The summed E-state index contributed by atoms with van der Waals surface area (Å²) in [6.45, 7) is 2.01. The minimum Gasteiger partial charge on any atom is -0.493 e. The van der Waals surface area contributed by atoms with Crippen LogP contribution in [0.4, 0.5) is 4.79 Å². The molecular weight excluding hydrogens is 418 g/mol. The first kappa shape index (κ1) is 22.8. The number of fused-ring (bicyclic) bond motifs is 3. The molecule has 31 heavy (non-hydrogen) atoms. The molecule has 1 aliphatic carbocycles. The van der Waals surface area contributed by atoms with Gasteiger partial charge in [-0.25, -0.2) is 4.79 Å². The summed E-state index contributed by atoms with van der Waals surface area (Å²) in [6, 6.07) is 6.83. The van der Waals surface area contributed by atoms with Crippen LogP contribution >= 0.6 is 11.8 Å². The van der Waals surface area contributed by atoms with Gasteiger partial charge in [-0.05, 0) is 60.9 Å². The molecule has 2 aromatic rings. The zero-order valence-corrected chi connectivity index (χ0v) is 19.2. The highest BCUT2D eigenvalue weighted by Gasteiger charge is 2.29. The molecule has 1 N–H and O–H groups in total. The molecular formula is C23H27NO6S. The highest BCUT2D eigenvalue weighted by atomic mass is 32.2. The number of thioether (sulfide) groups is 1. The number of methoxy groups -OCH3 is 3. The average molecular weight is 446 g/mol. The van der Waals surface area contributed by atoms with E-state index < -0.39 is 12.1 Å². The number of rotatable bonds is 6. The van der Waals surface area contributed by atoms with Crippen molar-refractivity contribution in [3.8, 4) is 28.4 Å². The van der Waals surface area contributed by atoms with Crippen LogP contribution in [0, 0.1) is 0 Å². The van der Waals surface area contributed by atoms with Gasteiger partial charge in [0.25, 0.3) is 0 Å². The number of aryl methyl sites for hydroxylation is 1. The standard InChI is InChI=1S/C23H27NO6S/c1-6-30-23(26)24-16-9-7-13-11-18(27-2)21(28-3)22(29-4)20(13)14-8-10-19(31-5)17(25)12-15(14)16/h8,10-12,16H,6-7,9H2,1-5H3,(H,24,26)/t16-/m0/s1. The highest BCUT2D eigenvalue weighted by Crippen LogP contribution is 2.50. The summed E-state index contributed by atoms with van der Waals surface area (Å²) >= 11 is 1.38. The van der Waals surface area contributed by atoms with E-state index in [4.69, 9.17) is 18.9 Å². The molecule has 2 aromatic carbocycles. The van der Waals surface area contributed by atoms with Crippen LogP contribution in [0.2, 0.25) is 0 Å². The molecule has 0 radical (unpaired) electrons. The van der Waals surface area contributed by atoms with E-state index in [2.05, 4.69) is 5.32 Å². The van der Waals surface area contributed by atoms with Crippen LogP contribution in [-0.4, -0.2) is 40.3 Å². The van der Waals surface area contributed by atoms with Gasteiger partial charge in [0, 0.05) is 5.56 Å². The van der Waals surface area contributed by atoms with Crippen molar-refractivity contribution in [3.63, 3.8) is 0 Å². The lowest BCUT2D eigenvalue weighted by Gasteiger charge is -2.19. The number of nitrogens with one attached hydrogen (secondary N) is 1. The van der Waals surface area contributed by atoms with E-state index in [9.17, 15) is 9.59 Å². The number of benzene rings is 1. The summed E-state index contributed by atoms with van der Waals surface area (Å²) in [5.41, 5.74) is 3.21. The molecule has 1 aliphatic rings. The Morgan fingerprint density at radius 3 is 2.48 bits per heavy atom. The fraction of sp³-hybridized carbons (Fsp3) is 0.391. The Kier molecular flexibility index (Phi) is 7.33. The first-order valence-electron chi connectivity index (χ1n) is 9.96. The van der Waals surface area contributed by atoms with Crippen molar-refractivity contribution in [2.45, 2.75) is 30.7 Å². The topological polar surface area (TPSA) is 83.1 Å². The Morgan fingerprint density at radius 1 is 1.13 bits per heavy atom. The van der Waals surface area contributed by atoms with Crippen molar-refractivity contribution in [2.75, 3.05) is 34.2 Å². The molecule has 0 unspecified atom stereocenters. The molecule has 3 rings (SSSR count). The first-order chi connectivity index (χ1) is 15.0. The molecule has 0 saturated carbocycles. The number of carbonyl (C=O) groups excluding carboxylic acids is 1. The van der Waals surface area contributed by atoms with Crippen LogP contribution in [-0.2, 0) is 11.2 Å². The Labute approximate surface area is 186 Å². The second-order valence-corrected chi connectivity index (χ2v) is 7.76. The summed E-state index contributed by atoms with van der Waals surface area (Å²) in [5, 5.41) is 2.91. The summed E-state index contributed by atoms with van der Waals surface area (Å²) in [4.78, 5) is 25.7. The van der Waals surface area contributed by atoms with Crippen molar-refractivity contribution >= 4 is 17.9 Å². The molecule has 7 nitrogen and oxygen atoms in total. The van der Waals surface area contributed by atoms with Gasteiger partial charge in [-0.1, -0.05) is 6.07 Å². The van der Waals surface area contributed by atoms with Crippen molar-refractivity contribution < 1.29 is 23.7 Å². The predicted octanol–water partition coefficient (Wildman–Crippen LogP) is 4.19. The van der Waals surface area contributed by atoms with Gasteiger partial charge >= 0.3 is 6.09 Å². The SMILES string of the molecule is CCOC(=O)N[C@H]1CCc2cc(OC)c(OC)c(OC)c2-c2ccc(SC)c(=O)cc21. The average Bonchev–Trinajstić information content (AvgIpc) is 3.01. The number of carbonyl (C=O) groups is 1. The lowest BCUT2D eigenvalue weighted by molar-refractivity contribution is 0.147. The second kappa shape index (κ2) is 9.96. The van der Waals surface area contributed by atoms with Crippen molar-refractivity contribution in [1.82, 2.24) is 5.32 Å². The van der Waals surface area contributed by atoms with Crippen LogP contribution in [0.25, 0.3) is 11.1 Å². The van der Waals surface area contributed by atoms with Gasteiger partial charge in [-0.3, -0.25) is 4.79 Å². The zero-order valence-electron chi connectivity index (χ0n) is 18.4. The summed E-state index contributed by atoms with van der Waals surface area (Å²) in [7, 11) is 4.71. The monoisotopic (exact) mass is 445 g/mol. The lowest BCUT2D eigenvalue weighted by atomic mass is 9.95. The zero-order chi connectivity index (χ0) is 22.5. The Hall–Kier alpha value is -2.87. The molecule has 0 aromatic heterocycles.